The largest absolute Gasteiger partial charge is 0.497 e. The third kappa shape index (κ3) is 4.07. The average Bonchev–Trinajstić information content (AvgIpc) is 3.11. The smallest absolute Gasteiger partial charge is 0.425 e. The fourth-order valence-corrected chi connectivity index (χ4v) is 3.93. The quantitative estimate of drug-likeness (QED) is 0.490. The lowest BCUT2D eigenvalue weighted by atomic mass is 9.91. The molecule has 1 aliphatic rings. The molecule has 2 amide bonds. The molecule has 3 N–H and O–H groups in total. The van der Waals surface area contributed by atoms with Crippen molar-refractivity contribution in [2.24, 2.45) is 0 Å². The normalized spacial score (nSPS) is 17.0. The number of H-pyrrole nitrogens is 1. The molecule has 0 radical (unpaired) electrons. The van der Waals surface area contributed by atoms with Gasteiger partial charge >= 0.3 is 11.9 Å². The van der Waals surface area contributed by atoms with Gasteiger partial charge in [-0.25, -0.2) is 9.36 Å². The van der Waals surface area contributed by atoms with Crippen molar-refractivity contribution in [3.8, 4) is 11.4 Å². The molecule has 12 heteroatoms. The number of hydrogen-bond acceptors (Lipinski definition) is 5. The van der Waals surface area contributed by atoms with Crippen LogP contribution < -0.4 is 26.6 Å². The molecule has 0 aliphatic carbocycles. The lowest BCUT2D eigenvalue weighted by molar-refractivity contribution is -0.200. The summed E-state index contributed by atoms with van der Waals surface area (Å²) >= 11 is 0. The van der Waals surface area contributed by atoms with E-state index in [0.717, 1.165) is 4.57 Å². The zero-order valence-corrected chi connectivity index (χ0v) is 18.2. The van der Waals surface area contributed by atoms with E-state index in [-0.39, 0.29) is 18.5 Å². The summed E-state index contributed by atoms with van der Waals surface area (Å²) in [4.78, 5) is 52.5. The number of halogens is 3. The van der Waals surface area contributed by atoms with Gasteiger partial charge in [-0.2, -0.15) is 13.2 Å². The summed E-state index contributed by atoms with van der Waals surface area (Å²) in [7, 11) is 1.40. The number of nitrogens with zero attached hydrogens (tertiary/aromatic N) is 1. The topological polar surface area (TPSA) is 122 Å². The van der Waals surface area contributed by atoms with Crippen LogP contribution in [0.1, 0.15) is 17.5 Å². The molecule has 4 rings (SSSR count). The van der Waals surface area contributed by atoms with E-state index in [4.69, 9.17) is 4.74 Å². The predicted molar refractivity (Wildman–Crippen MR) is 118 cm³/mol. The molecule has 2 aromatic carbocycles. The molecule has 0 saturated carbocycles. The van der Waals surface area contributed by atoms with E-state index in [2.05, 4.69) is 0 Å². The number of ether oxygens (including phenoxy) is 1. The molecule has 9 nitrogen and oxygen atoms in total. The summed E-state index contributed by atoms with van der Waals surface area (Å²) in [6.07, 6.45) is -5.67. The van der Waals surface area contributed by atoms with Gasteiger partial charge in [0.15, 0.2) is 0 Å². The maximum absolute atomic E-state index is 14.4. The van der Waals surface area contributed by atoms with Crippen molar-refractivity contribution in [1.82, 2.24) is 14.9 Å². The Bertz CT molecular complexity index is 1400. The molecule has 1 aromatic heterocycles. The number of nitrogens with one attached hydrogen (secondary N) is 3. The second-order valence-electron chi connectivity index (χ2n) is 7.75. The highest BCUT2D eigenvalue weighted by Crippen LogP contribution is 2.45. The van der Waals surface area contributed by atoms with Crippen LogP contribution >= 0.6 is 0 Å². The van der Waals surface area contributed by atoms with Gasteiger partial charge in [0.1, 0.15) is 17.1 Å². The number of hydrogen-bond donors (Lipinski definition) is 3. The fourth-order valence-electron chi connectivity index (χ4n) is 3.93. The lowest BCUT2D eigenvalue weighted by Gasteiger charge is -2.30. The van der Waals surface area contributed by atoms with Crippen LogP contribution in [0.2, 0.25) is 0 Å². The molecule has 3 aromatic rings. The van der Waals surface area contributed by atoms with Gasteiger partial charge in [-0.05, 0) is 36.2 Å². The predicted octanol–water partition coefficient (Wildman–Crippen LogP) is 1.99. The van der Waals surface area contributed by atoms with Gasteiger partial charge in [0, 0.05) is 6.42 Å². The highest BCUT2D eigenvalue weighted by molar-refractivity contribution is 6.07. The van der Waals surface area contributed by atoms with Gasteiger partial charge in [-0.1, -0.05) is 30.3 Å². The number of amides is 2. The molecule has 2 heterocycles. The lowest BCUT2D eigenvalue weighted by Crippen LogP contribution is -2.62. The Morgan fingerprint density at radius 3 is 2.31 bits per heavy atom. The summed E-state index contributed by atoms with van der Waals surface area (Å²) < 4.78 is 49.1. The highest BCUT2D eigenvalue weighted by atomic mass is 19.4. The van der Waals surface area contributed by atoms with Crippen molar-refractivity contribution in [3.05, 3.63) is 86.6 Å². The molecule has 35 heavy (non-hydrogen) atoms. The SMILES string of the molecule is COc1ccc(-n2c3c(c(=O)[nH]c2=O)[C@](NC(=O)CCc2ccccc2)(C(F)(F)F)C(=O)N3)cc1. The van der Waals surface area contributed by atoms with Crippen LogP contribution in [-0.4, -0.2) is 34.7 Å². The zero-order valence-electron chi connectivity index (χ0n) is 18.2. The molecule has 1 aliphatic heterocycles. The van der Waals surface area contributed by atoms with Crippen molar-refractivity contribution >= 4 is 17.6 Å². The maximum atomic E-state index is 14.4. The van der Waals surface area contributed by atoms with Gasteiger partial charge in [-0.15, -0.1) is 0 Å². The van der Waals surface area contributed by atoms with E-state index in [9.17, 15) is 32.3 Å². The van der Waals surface area contributed by atoms with Crippen molar-refractivity contribution < 1.29 is 27.5 Å². The number of benzene rings is 2. The molecule has 0 unspecified atom stereocenters. The summed E-state index contributed by atoms with van der Waals surface area (Å²) in [6, 6.07) is 14.2. The number of aromatic nitrogens is 2. The molecule has 0 bridgehead atoms. The number of anilines is 1. The molecule has 0 fully saturated rings. The number of rotatable bonds is 6. The Kier molecular flexibility index (Phi) is 5.97. The van der Waals surface area contributed by atoms with Crippen molar-refractivity contribution in [2.45, 2.75) is 24.6 Å². The van der Waals surface area contributed by atoms with Crippen LogP contribution in [0.4, 0.5) is 19.0 Å². The number of fused-ring (bicyclic) bond motifs is 1. The monoisotopic (exact) mass is 488 g/mol. The summed E-state index contributed by atoms with van der Waals surface area (Å²) in [5.41, 5.74) is -6.59. The van der Waals surface area contributed by atoms with Crippen LogP contribution in [0.3, 0.4) is 0 Å². The minimum absolute atomic E-state index is 0.0528. The first-order chi connectivity index (χ1) is 16.6. The van der Waals surface area contributed by atoms with Crippen molar-refractivity contribution in [3.63, 3.8) is 0 Å². The van der Waals surface area contributed by atoms with Crippen LogP contribution in [-0.2, 0) is 21.5 Å². The molecular formula is C23H19F3N4O5. The first-order valence-corrected chi connectivity index (χ1v) is 10.4. The number of carbonyl (C=O) groups is 2. The van der Waals surface area contributed by atoms with Gasteiger partial charge in [0.2, 0.25) is 11.4 Å². The van der Waals surface area contributed by atoms with Gasteiger partial charge in [-0.3, -0.25) is 19.4 Å². The van der Waals surface area contributed by atoms with E-state index < -0.39 is 46.2 Å². The molecule has 0 spiro atoms. The van der Waals surface area contributed by atoms with Gasteiger partial charge in [0.05, 0.1) is 12.8 Å². The second-order valence-corrected chi connectivity index (χ2v) is 7.75. The first-order valence-electron chi connectivity index (χ1n) is 10.4. The number of alkyl halides is 3. The first kappa shape index (κ1) is 23.8. The van der Waals surface area contributed by atoms with Gasteiger partial charge < -0.3 is 15.4 Å². The Labute approximate surface area is 195 Å². The third-order valence-corrected chi connectivity index (χ3v) is 5.62. The van der Waals surface area contributed by atoms with Crippen LogP contribution in [0.5, 0.6) is 5.75 Å². The number of aryl methyl sites for hydroxylation is 1. The average molecular weight is 488 g/mol. The molecule has 1 atom stereocenters. The molecule has 0 saturated heterocycles. The Morgan fingerprint density at radius 2 is 1.71 bits per heavy atom. The Hall–Kier alpha value is -4.35. The van der Waals surface area contributed by atoms with E-state index in [1.807, 2.05) is 10.3 Å². The third-order valence-electron chi connectivity index (χ3n) is 5.62. The van der Waals surface area contributed by atoms with Crippen molar-refractivity contribution in [2.75, 3.05) is 12.4 Å². The van der Waals surface area contributed by atoms with E-state index in [1.54, 1.807) is 35.6 Å². The van der Waals surface area contributed by atoms with Gasteiger partial charge in [0.25, 0.3) is 11.5 Å². The van der Waals surface area contributed by atoms with Crippen LogP contribution in [0.15, 0.2) is 64.2 Å². The van der Waals surface area contributed by atoms with E-state index >= 15 is 0 Å². The minimum Gasteiger partial charge on any atom is -0.497 e. The Morgan fingerprint density at radius 1 is 1.06 bits per heavy atom. The standard InChI is InChI=1S/C23H19F3N4O5/c1-35-15-10-8-14(9-11-15)30-18-17(19(32)28-21(30)34)22(20(33)27-18,23(24,25)26)29-16(31)12-7-13-5-3-2-4-6-13/h2-6,8-11H,7,12H2,1H3,(H,27,33)(H,29,31)(H,28,32,34)/t22-/m1/s1. The number of aromatic amines is 1. The van der Waals surface area contributed by atoms with Crippen molar-refractivity contribution in [1.29, 1.82) is 0 Å². The fraction of sp³-hybridized carbons (Fsp3) is 0.217. The van der Waals surface area contributed by atoms with E-state index in [0.29, 0.717) is 11.3 Å². The summed E-state index contributed by atoms with van der Waals surface area (Å²) in [5, 5.41) is 3.72. The summed E-state index contributed by atoms with van der Waals surface area (Å²) in [5.74, 6) is -3.08. The minimum atomic E-state index is -5.40. The summed E-state index contributed by atoms with van der Waals surface area (Å²) in [6.45, 7) is 0. The maximum Gasteiger partial charge on any atom is 0.425 e. The van der Waals surface area contributed by atoms with Crippen LogP contribution in [0, 0.1) is 0 Å². The second kappa shape index (κ2) is 8.78. The molecule has 182 valence electrons. The highest BCUT2D eigenvalue weighted by Gasteiger charge is 2.68. The zero-order chi connectivity index (χ0) is 25.4. The van der Waals surface area contributed by atoms with Crippen LogP contribution in [0.25, 0.3) is 5.69 Å². The number of methoxy groups -OCH3 is 1. The Balaban J connectivity index is 1.81. The number of carbonyl (C=O) groups excluding carboxylic acids is 2. The molecular weight excluding hydrogens is 469 g/mol. The van der Waals surface area contributed by atoms with E-state index in [1.165, 1.54) is 31.4 Å².